The molecule has 424 valence electrons. The number of ether oxygens (including phenoxy) is 2. The molecular weight excluding hydrogens is 1070 g/mol. The topological polar surface area (TPSA) is 195 Å². The van der Waals surface area contributed by atoms with Gasteiger partial charge in [0.25, 0.3) is 0 Å². The maximum absolute atomic E-state index is 11.7. The van der Waals surface area contributed by atoms with Gasteiger partial charge in [0.05, 0.1) is 0 Å². The zero-order valence-electron chi connectivity index (χ0n) is 45.5. The number of amides is 1. The van der Waals surface area contributed by atoms with E-state index >= 15 is 0 Å². The number of nitrogens with one attached hydrogen (secondary N) is 1. The summed E-state index contributed by atoms with van der Waals surface area (Å²) in [6.45, 7) is 0. The molecule has 6 aliphatic rings. The van der Waals surface area contributed by atoms with Gasteiger partial charge in [0.1, 0.15) is 11.5 Å². The first kappa shape index (κ1) is 63.4. The van der Waals surface area contributed by atoms with E-state index in [9.17, 15) is 9.59 Å². The van der Waals surface area contributed by atoms with Gasteiger partial charge in [0, 0.05) is 83.4 Å². The minimum atomic E-state index is -0.814. The molecule has 8 aromatic carbocycles. The van der Waals surface area contributed by atoms with Crippen LogP contribution in [0.25, 0.3) is 0 Å². The van der Waals surface area contributed by atoms with Crippen molar-refractivity contribution in [2.24, 2.45) is 28.7 Å². The maximum atomic E-state index is 11.7. The Hall–Kier alpha value is -6.83. The molecule has 0 radical (unpaired) electrons. The lowest BCUT2D eigenvalue weighted by molar-refractivity contribution is 0.199. The van der Waals surface area contributed by atoms with Crippen LogP contribution in [0.5, 0.6) is 11.5 Å². The lowest BCUT2D eigenvalue weighted by Gasteiger charge is -2.06. The van der Waals surface area contributed by atoms with Crippen LogP contribution in [-0.2, 0) is 0 Å². The number of para-hydroxylation sites is 2. The fraction of sp³-hybridized carbons (Fsp3) is 0.265. The van der Waals surface area contributed by atoms with Crippen LogP contribution in [0.4, 0.5) is 9.59 Å². The van der Waals surface area contributed by atoms with Crippen LogP contribution >= 0.6 is 36.4 Å². The van der Waals surface area contributed by atoms with E-state index in [4.69, 9.17) is 45.0 Å². The number of carbonyl (C=O) groups excluding carboxylic acids is 2. The Morgan fingerprint density at radius 3 is 0.728 bits per heavy atom. The Morgan fingerprint density at radius 2 is 0.519 bits per heavy atom. The van der Waals surface area contributed by atoms with Gasteiger partial charge in [-0.15, -0.1) is 24.8 Å². The number of hydrogen-bond donors (Lipinski definition) is 6. The van der Waals surface area contributed by atoms with E-state index in [0.29, 0.717) is 77.2 Å². The van der Waals surface area contributed by atoms with E-state index in [0.717, 1.165) is 6.42 Å². The smallest absolute Gasteiger partial charge is 0.412 e. The van der Waals surface area contributed by atoms with E-state index in [-0.39, 0.29) is 36.9 Å². The Balaban J connectivity index is 0.000000154. The Labute approximate surface area is 496 Å². The van der Waals surface area contributed by atoms with Crippen molar-refractivity contribution in [2.45, 2.75) is 110 Å². The van der Waals surface area contributed by atoms with Crippen molar-refractivity contribution in [3.8, 4) is 11.5 Å². The van der Waals surface area contributed by atoms with Crippen molar-refractivity contribution in [3.63, 3.8) is 0 Å². The minimum Gasteiger partial charge on any atom is -0.415 e. The summed E-state index contributed by atoms with van der Waals surface area (Å²) in [7, 11) is 0. The predicted molar refractivity (Wildman–Crippen MR) is 335 cm³/mol. The van der Waals surface area contributed by atoms with Crippen LogP contribution in [0, 0.1) is 0 Å². The first-order valence-corrected chi connectivity index (χ1v) is 27.9. The average Bonchev–Trinajstić information content (AvgIpc) is 4.22. The molecule has 8 aromatic rings. The van der Waals surface area contributed by atoms with Gasteiger partial charge in [-0.3, -0.25) is 0 Å². The Kier molecular flexibility index (Phi) is 25.5. The molecule has 14 rings (SSSR count). The van der Waals surface area contributed by atoms with Gasteiger partial charge >= 0.3 is 11.5 Å². The predicted octanol–water partition coefficient (Wildman–Crippen LogP) is 14.1. The monoisotopic (exact) mass is 1150 g/mol. The van der Waals surface area contributed by atoms with Gasteiger partial charge in [0.15, 0.2) is 0 Å². The minimum absolute atomic E-state index is 0. The largest absolute Gasteiger partial charge is 0.415 e. The van der Waals surface area contributed by atoms with Crippen molar-refractivity contribution < 1.29 is 19.1 Å². The number of halogens is 3. The molecule has 12 atom stereocenters. The van der Waals surface area contributed by atoms with Gasteiger partial charge in [-0.2, -0.15) is 0 Å². The third kappa shape index (κ3) is 22.2. The molecule has 8 unspecified atom stereocenters. The lowest BCUT2D eigenvalue weighted by atomic mass is 10.1. The number of nitrogens with two attached hydrogens (primary N) is 5. The van der Waals surface area contributed by atoms with Crippen LogP contribution in [0.2, 0.25) is 0 Å². The van der Waals surface area contributed by atoms with Gasteiger partial charge in [-0.1, -0.05) is 218 Å². The maximum Gasteiger partial charge on any atom is 0.412 e. The van der Waals surface area contributed by atoms with Crippen LogP contribution in [0.15, 0.2) is 243 Å². The average molecular weight is 1150 g/mol. The lowest BCUT2D eigenvalue weighted by Crippen LogP contribution is -2.29. The molecule has 6 saturated carbocycles. The van der Waals surface area contributed by atoms with Gasteiger partial charge in [-0.25, -0.2) is 9.59 Å². The highest BCUT2D eigenvalue weighted by atomic mass is 35.5. The van der Waals surface area contributed by atoms with E-state index in [1.54, 1.807) is 36.4 Å². The molecule has 6 fully saturated rings. The van der Waals surface area contributed by atoms with E-state index in [1.807, 2.05) is 72.8 Å². The van der Waals surface area contributed by atoms with Crippen molar-refractivity contribution in [3.05, 3.63) is 276 Å². The highest BCUT2D eigenvalue weighted by Crippen LogP contribution is 2.42. The van der Waals surface area contributed by atoms with E-state index in [2.05, 4.69) is 144 Å². The first-order valence-electron chi connectivity index (χ1n) is 27.5. The summed E-state index contributed by atoms with van der Waals surface area (Å²) in [6.07, 6.45) is 6.45. The SMILES string of the molecule is Cl.Cl.NC1CC1c1ccccc1.NC1CC1c1ccccc1.N[C@@H]1CC1c1ccccc1.N[C@@H]1CC1c1ccccc1.N[C@@H]1CC1c1ccccc1.O=C(Cl)Oc1ccccc1.O=C(N[C@@H]1CC1c1ccccc1)Oc1ccccc1. The second-order valence-electron chi connectivity index (χ2n) is 20.9. The van der Waals surface area contributed by atoms with Crippen molar-refractivity contribution in [2.75, 3.05) is 0 Å². The molecule has 6 aliphatic carbocycles. The van der Waals surface area contributed by atoms with E-state index < -0.39 is 5.43 Å². The number of rotatable bonds is 9. The normalized spacial score (nSPS) is 24.5. The van der Waals surface area contributed by atoms with Crippen LogP contribution < -0.4 is 43.5 Å². The summed E-state index contributed by atoms with van der Waals surface area (Å²) >= 11 is 4.95. The molecule has 0 saturated heterocycles. The fourth-order valence-corrected chi connectivity index (χ4v) is 9.36. The summed E-state index contributed by atoms with van der Waals surface area (Å²) in [5.41, 5.74) is 35.9. The Bertz CT molecular complexity index is 2720. The molecule has 81 heavy (non-hydrogen) atoms. The van der Waals surface area contributed by atoms with Crippen molar-refractivity contribution >= 4 is 47.9 Å². The quantitative estimate of drug-likeness (QED) is 0.0763. The molecule has 0 spiro atoms. The van der Waals surface area contributed by atoms with Gasteiger partial charge in [0.2, 0.25) is 0 Å². The molecule has 10 nitrogen and oxygen atoms in total. The van der Waals surface area contributed by atoms with Crippen LogP contribution in [0.3, 0.4) is 0 Å². The second kappa shape index (κ2) is 32.6. The molecule has 0 aromatic heterocycles. The van der Waals surface area contributed by atoms with Gasteiger partial charge in [-0.05, 0) is 96.2 Å². The summed E-state index contributed by atoms with van der Waals surface area (Å²) in [5.74, 6) is 4.72. The third-order valence-corrected chi connectivity index (χ3v) is 14.6. The zero-order chi connectivity index (χ0) is 55.3. The summed E-state index contributed by atoms with van der Waals surface area (Å²) in [4.78, 5) is 21.9. The molecule has 1 amide bonds. The molecule has 0 heterocycles. The summed E-state index contributed by atoms with van der Waals surface area (Å²) in [5, 5.41) is 2.89. The molecule has 13 heteroatoms. The van der Waals surface area contributed by atoms with Gasteiger partial charge < -0.3 is 43.5 Å². The molecule has 0 bridgehead atoms. The first-order chi connectivity index (χ1) is 38.5. The highest BCUT2D eigenvalue weighted by Gasteiger charge is 2.40. The summed E-state index contributed by atoms with van der Waals surface area (Å²) < 4.78 is 9.74. The van der Waals surface area contributed by atoms with Crippen molar-refractivity contribution in [1.82, 2.24) is 5.32 Å². The molecule has 0 aliphatic heterocycles. The zero-order valence-corrected chi connectivity index (χ0v) is 47.9. The van der Waals surface area contributed by atoms with E-state index in [1.165, 1.54) is 65.5 Å². The number of hydrogen-bond acceptors (Lipinski definition) is 9. The third-order valence-electron chi connectivity index (χ3n) is 14.6. The van der Waals surface area contributed by atoms with Crippen molar-refractivity contribution in [1.29, 1.82) is 0 Å². The second-order valence-corrected chi connectivity index (χ2v) is 21.3. The molecular formula is C68H77Cl3N6O4. The number of benzene rings is 8. The van der Waals surface area contributed by atoms with Crippen LogP contribution in [-0.4, -0.2) is 47.8 Å². The summed E-state index contributed by atoms with van der Waals surface area (Å²) in [6, 6.07) is 82.7. The highest BCUT2D eigenvalue weighted by molar-refractivity contribution is 6.61. The van der Waals surface area contributed by atoms with Crippen LogP contribution in [0.1, 0.15) is 107 Å². The Morgan fingerprint density at radius 1 is 0.321 bits per heavy atom. The number of carbonyl (C=O) groups is 2. The standard InChI is InChI=1S/C16H15NO2.5C9H11N.C7H5ClO2.2ClH/c18-16(19-13-9-5-2-6-10-13)17-15-11-14(15)12-7-3-1-4-8-12;5*10-9-6-8(9)7-4-2-1-3-5-7;8-7(9)10-6-4-2-1-3-5-6;;/h1-10,14-15H,11H2,(H,17,18);5*1-5,8-9H,6,10H2;1-5H;2*1H/t14?,15-;3*8?,9-;;;;;/m1111...../s1. The fourth-order valence-electron chi connectivity index (χ4n) is 9.27. The molecule has 11 N–H and O–H groups in total.